The van der Waals surface area contributed by atoms with Crippen molar-refractivity contribution in [3.8, 4) is 0 Å². The summed E-state index contributed by atoms with van der Waals surface area (Å²) in [6.45, 7) is 11.9. The van der Waals surface area contributed by atoms with Gasteiger partial charge in [-0.3, -0.25) is 0 Å². The van der Waals surface area contributed by atoms with Crippen LogP contribution in [-0.2, 0) is 6.54 Å². The van der Waals surface area contributed by atoms with Gasteiger partial charge in [-0.15, -0.1) is 0 Å². The van der Waals surface area contributed by atoms with Crippen molar-refractivity contribution in [2.45, 2.75) is 53.1 Å². The number of hydrogen-bond donors (Lipinski definition) is 1. The van der Waals surface area contributed by atoms with E-state index in [4.69, 9.17) is 0 Å². The van der Waals surface area contributed by atoms with E-state index in [0.29, 0.717) is 0 Å². The van der Waals surface area contributed by atoms with E-state index in [2.05, 4.69) is 55.9 Å². The molecule has 102 valence electrons. The fourth-order valence-corrected chi connectivity index (χ4v) is 2.88. The predicted octanol–water partition coefficient (Wildman–Crippen LogP) is 4.89. The normalized spacial score (nSPS) is 12.8. The molecule has 1 rings (SSSR count). The SMILES string of the molecule is CC(C)(C)CC(C)(C)NCc1ccc(F)cc1Br. The highest BCUT2D eigenvalue weighted by atomic mass is 79.9. The van der Waals surface area contributed by atoms with Gasteiger partial charge in [-0.25, -0.2) is 4.39 Å². The molecule has 0 aliphatic rings. The lowest BCUT2D eigenvalue weighted by molar-refractivity contribution is 0.240. The molecule has 0 amide bonds. The summed E-state index contributed by atoms with van der Waals surface area (Å²) >= 11 is 3.40. The first-order valence-electron chi connectivity index (χ1n) is 6.28. The third-order valence-electron chi connectivity index (χ3n) is 2.74. The van der Waals surface area contributed by atoms with Gasteiger partial charge in [0.2, 0.25) is 0 Å². The summed E-state index contributed by atoms with van der Waals surface area (Å²) in [5.74, 6) is -0.209. The Morgan fingerprint density at radius 3 is 2.28 bits per heavy atom. The minimum absolute atomic E-state index is 0.0616. The average molecular weight is 316 g/mol. The molecule has 0 spiro atoms. The van der Waals surface area contributed by atoms with Crippen LogP contribution in [0, 0.1) is 11.2 Å². The minimum Gasteiger partial charge on any atom is -0.308 e. The number of nitrogens with one attached hydrogen (secondary N) is 1. The zero-order valence-corrected chi connectivity index (χ0v) is 13.5. The third kappa shape index (κ3) is 5.49. The van der Waals surface area contributed by atoms with Gasteiger partial charge < -0.3 is 5.32 Å². The first-order chi connectivity index (χ1) is 8.09. The van der Waals surface area contributed by atoms with Gasteiger partial charge in [-0.05, 0) is 43.4 Å². The summed E-state index contributed by atoms with van der Waals surface area (Å²) in [6.07, 6.45) is 1.08. The van der Waals surface area contributed by atoms with E-state index in [9.17, 15) is 4.39 Å². The van der Waals surface area contributed by atoms with Crippen molar-refractivity contribution < 1.29 is 4.39 Å². The second-order valence-electron chi connectivity index (χ2n) is 6.71. The van der Waals surface area contributed by atoms with Crippen molar-refractivity contribution >= 4 is 15.9 Å². The summed E-state index contributed by atoms with van der Waals surface area (Å²) in [4.78, 5) is 0. The Morgan fingerprint density at radius 2 is 1.78 bits per heavy atom. The summed E-state index contributed by atoms with van der Waals surface area (Å²) < 4.78 is 13.8. The molecule has 0 atom stereocenters. The lowest BCUT2D eigenvalue weighted by Crippen LogP contribution is -2.41. The molecule has 1 aromatic rings. The number of benzene rings is 1. The molecule has 1 aromatic carbocycles. The average Bonchev–Trinajstić information content (AvgIpc) is 2.12. The maximum atomic E-state index is 13.0. The molecular weight excluding hydrogens is 293 g/mol. The Bertz CT molecular complexity index is 407. The maximum absolute atomic E-state index is 13.0. The molecule has 0 heterocycles. The van der Waals surface area contributed by atoms with Gasteiger partial charge in [0.15, 0.2) is 0 Å². The Morgan fingerprint density at radius 1 is 1.17 bits per heavy atom. The molecule has 0 aliphatic carbocycles. The highest BCUT2D eigenvalue weighted by Gasteiger charge is 2.24. The van der Waals surface area contributed by atoms with Crippen LogP contribution in [0.5, 0.6) is 0 Å². The third-order valence-corrected chi connectivity index (χ3v) is 3.48. The summed E-state index contributed by atoms with van der Waals surface area (Å²) in [7, 11) is 0. The van der Waals surface area contributed by atoms with Crippen LogP contribution in [0.15, 0.2) is 22.7 Å². The van der Waals surface area contributed by atoms with E-state index in [1.54, 1.807) is 0 Å². The van der Waals surface area contributed by atoms with Crippen molar-refractivity contribution in [3.05, 3.63) is 34.1 Å². The molecule has 0 bridgehead atoms. The number of hydrogen-bond acceptors (Lipinski definition) is 1. The topological polar surface area (TPSA) is 12.0 Å². The van der Waals surface area contributed by atoms with Crippen LogP contribution in [0.2, 0.25) is 0 Å². The van der Waals surface area contributed by atoms with Gasteiger partial charge in [-0.2, -0.15) is 0 Å². The largest absolute Gasteiger partial charge is 0.308 e. The van der Waals surface area contributed by atoms with Crippen LogP contribution >= 0.6 is 15.9 Å². The van der Waals surface area contributed by atoms with Gasteiger partial charge in [0.05, 0.1) is 0 Å². The van der Waals surface area contributed by atoms with Crippen molar-refractivity contribution in [2.75, 3.05) is 0 Å². The van der Waals surface area contributed by atoms with E-state index < -0.39 is 0 Å². The molecule has 1 N–H and O–H groups in total. The molecule has 18 heavy (non-hydrogen) atoms. The Labute approximate surface area is 118 Å². The molecule has 1 nitrogen and oxygen atoms in total. The zero-order valence-electron chi connectivity index (χ0n) is 11.9. The first kappa shape index (κ1) is 15.6. The number of rotatable bonds is 4. The second kappa shape index (κ2) is 5.70. The van der Waals surface area contributed by atoms with Crippen molar-refractivity contribution in [1.29, 1.82) is 0 Å². The highest BCUT2D eigenvalue weighted by Crippen LogP contribution is 2.27. The second-order valence-corrected chi connectivity index (χ2v) is 7.56. The monoisotopic (exact) mass is 315 g/mol. The standard InChI is InChI=1S/C15H23BrFN/c1-14(2,3)10-15(4,5)18-9-11-6-7-12(17)8-13(11)16/h6-8,18H,9-10H2,1-5H3. The van der Waals surface area contributed by atoms with E-state index in [1.165, 1.54) is 12.1 Å². The highest BCUT2D eigenvalue weighted by molar-refractivity contribution is 9.10. The van der Waals surface area contributed by atoms with Crippen molar-refractivity contribution in [3.63, 3.8) is 0 Å². The van der Waals surface area contributed by atoms with Gasteiger partial charge in [0, 0.05) is 16.6 Å². The fourth-order valence-electron chi connectivity index (χ4n) is 2.39. The predicted molar refractivity (Wildman–Crippen MR) is 79.1 cm³/mol. The maximum Gasteiger partial charge on any atom is 0.124 e. The van der Waals surface area contributed by atoms with E-state index in [-0.39, 0.29) is 16.8 Å². The van der Waals surface area contributed by atoms with E-state index >= 15 is 0 Å². The van der Waals surface area contributed by atoms with Crippen LogP contribution in [0.3, 0.4) is 0 Å². The van der Waals surface area contributed by atoms with Gasteiger partial charge in [0.25, 0.3) is 0 Å². The van der Waals surface area contributed by atoms with Gasteiger partial charge >= 0.3 is 0 Å². The van der Waals surface area contributed by atoms with Crippen molar-refractivity contribution in [1.82, 2.24) is 5.32 Å². The lowest BCUT2D eigenvalue weighted by Gasteiger charge is -2.33. The molecule has 0 radical (unpaired) electrons. The molecule has 0 unspecified atom stereocenters. The zero-order chi connectivity index (χ0) is 14.0. The first-order valence-corrected chi connectivity index (χ1v) is 7.07. The molecular formula is C15H23BrFN. The van der Waals surface area contributed by atoms with Crippen LogP contribution in [0.1, 0.15) is 46.6 Å². The van der Waals surface area contributed by atoms with E-state index in [1.807, 2.05) is 6.07 Å². The van der Waals surface area contributed by atoms with Gasteiger partial charge in [-0.1, -0.05) is 42.8 Å². The lowest BCUT2D eigenvalue weighted by atomic mass is 9.82. The van der Waals surface area contributed by atoms with Crippen LogP contribution in [0.4, 0.5) is 4.39 Å². The molecule has 0 aromatic heterocycles. The van der Waals surface area contributed by atoms with Crippen molar-refractivity contribution in [2.24, 2.45) is 5.41 Å². The summed E-state index contributed by atoms with van der Waals surface area (Å²) in [6, 6.07) is 4.83. The number of halogens is 2. The summed E-state index contributed by atoms with van der Waals surface area (Å²) in [5.41, 5.74) is 1.43. The fraction of sp³-hybridized carbons (Fsp3) is 0.600. The molecule has 0 saturated heterocycles. The molecule has 0 aliphatic heterocycles. The quantitative estimate of drug-likeness (QED) is 0.834. The van der Waals surface area contributed by atoms with Crippen LogP contribution in [0.25, 0.3) is 0 Å². The van der Waals surface area contributed by atoms with E-state index in [0.717, 1.165) is 23.0 Å². The van der Waals surface area contributed by atoms with Gasteiger partial charge in [0.1, 0.15) is 5.82 Å². The van der Waals surface area contributed by atoms with Crippen LogP contribution < -0.4 is 5.32 Å². The molecule has 0 fully saturated rings. The van der Waals surface area contributed by atoms with Crippen LogP contribution in [-0.4, -0.2) is 5.54 Å². The molecule has 3 heteroatoms. The molecule has 0 saturated carbocycles. The Hall–Kier alpha value is -0.410. The summed E-state index contributed by atoms with van der Waals surface area (Å²) in [5, 5.41) is 3.54. The smallest absolute Gasteiger partial charge is 0.124 e. The Balaban J connectivity index is 2.64. The minimum atomic E-state index is -0.209. The Kier molecular flexibility index (Phi) is 4.96.